The van der Waals surface area contributed by atoms with Crippen LogP contribution in [-0.2, 0) is 11.2 Å². The molecule has 1 unspecified atom stereocenters. The lowest BCUT2D eigenvalue weighted by molar-refractivity contribution is -0.0110. The molecule has 3 rings (SSSR count). The Bertz CT molecular complexity index is 478. The van der Waals surface area contributed by atoms with E-state index in [9.17, 15) is 0 Å². The van der Waals surface area contributed by atoms with E-state index in [0.717, 1.165) is 42.9 Å². The highest BCUT2D eigenvalue weighted by molar-refractivity contribution is 6.04. The molecule has 0 bridgehead atoms. The van der Waals surface area contributed by atoms with E-state index < -0.39 is 0 Å². The van der Waals surface area contributed by atoms with Gasteiger partial charge in [-0.25, -0.2) is 0 Å². The maximum absolute atomic E-state index is 8.90. The molecule has 4 heteroatoms. The van der Waals surface area contributed by atoms with Gasteiger partial charge in [0.2, 0.25) is 0 Å². The van der Waals surface area contributed by atoms with Crippen molar-refractivity contribution >= 4 is 5.71 Å². The first-order valence-electron chi connectivity index (χ1n) is 6.95. The molecule has 1 heterocycles. The topological polar surface area (TPSA) is 51.1 Å². The fraction of sp³-hybridized carbons (Fsp3) is 0.533. The quantitative estimate of drug-likeness (QED) is 0.672. The van der Waals surface area contributed by atoms with Crippen molar-refractivity contribution in [1.82, 2.24) is 0 Å². The van der Waals surface area contributed by atoms with E-state index >= 15 is 0 Å². The Morgan fingerprint density at radius 2 is 2.26 bits per heavy atom. The molecule has 19 heavy (non-hydrogen) atoms. The highest BCUT2D eigenvalue weighted by Crippen LogP contribution is 2.27. The summed E-state index contributed by atoms with van der Waals surface area (Å²) in [6.07, 6.45) is 5.45. The van der Waals surface area contributed by atoms with Crippen molar-refractivity contribution in [2.45, 2.75) is 38.2 Å². The zero-order chi connectivity index (χ0) is 13.1. The van der Waals surface area contributed by atoms with E-state index in [2.05, 4.69) is 11.2 Å². The van der Waals surface area contributed by atoms with Crippen LogP contribution in [0, 0.1) is 0 Å². The number of hydrogen-bond donors (Lipinski definition) is 1. The summed E-state index contributed by atoms with van der Waals surface area (Å²) in [6, 6.07) is 5.98. The van der Waals surface area contributed by atoms with Crippen molar-refractivity contribution in [1.29, 1.82) is 0 Å². The average molecular weight is 261 g/mol. The van der Waals surface area contributed by atoms with Crippen LogP contribution in [0.5, 0.6) is 5.75 Å². The fourth-order valence-corrected chi connectivity index (χ4v) is 2.77. The van der Waals surface area contributed by atoms with Crippen molar-refractivity contribution < 1.29 is 14.7 Å². The molecule has 1 saturated heterocycles. The first kappa shape index (κ1) is 12.5. The summed E-state index contributed by atoms with van der Waals surface area (Å²) in [6.45, 7) is 1.48. The molecule has 0 amide bonds. The maximum atomic E-state index is 8.90. The van der Waals surface area contributed by atoms with Crippen molar-refractivity contribution in [3.8, 4) is 5.75 Å². The second-order valence-corrected chi connectivity index (χ2v) is 5.17. The number of hydrogen-bond acceptors (Lipinski definition) is 4. The third-order valence-electron chi connectivity index (χ3n) is 3.85. The molecule has 4 nitrogen and oxygen atoms in total. The van der Waals surface area contributed by atoms with Crippen molar-refractivity contribution in [2.24, 2.45) is 5.16 Å². The lowest BCUT2D eigenvalue weighted by atomic mass is 10.1. The summed E-state index contributed by atoms with van der Waals surface area (Å²) in [5.41, 5.74) is 3.02. The van der Waals surface area contributed by atoms with Gasteiger partial charge in [0.25, 0.3) is 0 Å². The Morgan fingerprint density at radius 3 is 3.05 bits per heavy atom. The molecule has 1 atom stereocenters. The van der Waals surface area contributed by atoms with Crippen LogP contribution in [0.1, 0.15) is 36.8 Å². The van der Waals surface area contributed by atoms with E-state index in [1.54, 1.807) is 0 Å². The standard InChI is InChI=1S/C15H19NO3/c17-16-15-7-4-11-9-12(5-6-14(11)15)19-10-13-3-1-2-8-18-13/h5-6,9,13,17H,1-4,7-8,10H2/b16-15-. The van der Waals surface area contributed by atoms with E-state index in [4.69, 9.17) is 14.7 Å². The SMILES string of the molecule is O/N=C1/CCc2cc(OCC3CCCCO3)ccc21. The number of aryl methyl sites for hydroxylation is 1. The second kappa shape index (κ2) is 5.61. The van der Waals surface area contributed by atoms with Gasteiger partial charge in [0.15, 0.2) is 0 Å². The van der Waals surface area contributed by atoms with Crippen LogP contribution in [-0.4, -0.2) is 30.2 Å². The lowest BCUT2D eigenvalue weighted by Gasteiger charge is -2.22. The Labute approximate surface area is 113 Å². The van der Waals surface area contributed by atoms with Crippen LogP contribution >= 0.6 is 0 Å². The van der Waals surface area contributed by atoms with Crippen molar-refractivity contribution in [2.75, 3.05) is 13.2 Å². The second-order valence-electron chi connectivity index (χ2n) is 5.17. The fourth-order valence-electron chi connectivity index (χ4n) is 2.77. The number of ether oxygens (including phenoxy) is 2. The van der Waals surface area contributed by atoms with Gasteiger partial charge in [-0.15, -0.1) is 0 Å². The van der Waals surface area contributed by atoms with Gasteiger partial charge in [-0.1, -0.05) is 5.16 Å². The zero-order valence-corrected chi connectivity index (χ0v) is 11.0. The van der Waals surface area contributed by atoms with Crippen LogP contribution in [0.25, 0.3) is 0 Å². The largest absolute Gasteiger partial charge is 0.491 e. The monoisotopic (exact) mass is 261 g/mol. The zero-order valence-electron chi connectivity index (χ0n) is 11.0. The number of rotatable bonds is 3. The summed E-state index contributed by atoms with van der Waals surface area (Å²) < 4.78 is 11.5. The number of benzene rings is 1. The predicted octanol–water partition coefficient (Wildman–Crippen LogP) is 2.76. The van der Waals surface area contributed by atoms with Gasteiger partial charge in [0.05, 0.1) is 11.8 Å². The molecule has 2 aliphatic rings. The van der Waals surface area contributed by atoms with Gasteiger partial charge in [-0.2, -0.15) is 0 Å². The number of oxime groups is 1. The maximum Gasteiger partial charge on any atom is 0.119 e. The third-order valence-corrected chi connectivity index (χ3v) is 3.85. The molecule has 1 aromatic rings. The minimum absolute atomic E-state index is 0.233. The minimum atomic E-state index is 0.233. The van der Waals surface area contributed by atoms with Crippen LogP contribution in [0.3, 0.4) is 0 Å². The molecule has 102 valence electrons. The van der Waals surface area contributed by atoms with E-state index in [1.807, 2.05) is 12.1 Å². The minimum Gasteiger partial charge on any atom is -0.491 e. The molecule has 0 radical (unpaired) electrons. The molecule has 0 spiro atoms. The molecule has 0 aromatic heterocycles. The van der Waals surface area contributed by atoms with Gasteiger partial charge >= 0.3 is 0 Å². The summed E-state index contributed by atoms with van der Waals surface area (Å²) >= 11 is 0. The van der Waals surface area contributed by atoms with Crippen molar-refractivity contribution in [3.63, 3.8) is 0 Å². The van der Waals surface area contributed by atoms with Crippen LogP contribution < -0.4 is 4.74 Å². The summed E-state index contributed by atoms with van der Waals surface area (Å²) in [5.74, 6) is 0.882. The van der Waals surface area contributed by atoms with E-state index in [1.165, 1.54) is 18.4 Å². The number of fused-ring (bicyclic) bond motifs is 1. The van der Waals surface area contributed by atoms with Crippen LogP contribution in [0.4, 0.5) is 0 Å². The van der Waals surface area contributed by atoms with Crippen molar-refractivity contribution in [3.05, 3.63) is 29.3 Å². The molecular formula is C15H19NO3. The summed E-state index contributed by atoms with van der Waals surface area (Å²) in [4.78, 5) is 0. The van der Waals surface area contributed by atoms with E-state index in [0.29, 0.717) is 6.61 Å². The third kappa shape index (κ3) is 2.73. The van der Waals surface area contributed by atoms with Crippen LogP contribution in [0.15, 0.2) is 23.4 Å². The molecule has 1 aromatic carbocycles. The smallest absolute Gasteiger partial charge is 0.119 e. The normalized spacial score (nSPS) is 24.4. The first-order chi connectivity index (χ1) is 9.36. The Balaban J connectivity index is 1.63. The predicted molar refractivity (Wildman–Crippen MR) is 72.2 cm³/mol. The summed E-state index contributed by atoms with van der Waals surface area (Å²) in [7, 11) is 0. The highest BCUT2D eigenvalue weighted by Gasteiger charge is 2.19. The summed E-state index contributed by atoms with van der Waals surface area (Å²) in [5, 5.41) is 12.2. The molecular weight excluding hydrogens is 242 g/mol. The first-order valence-corrected chi connectivity index (χ1v) is 6.95. The van der Waals surface area contributed by atoms with Gasteiger partial charge < -0.3 is 14.7 Å². The molecule has 1 fully saturated rings. The Hall–Kier alpha value is -1.55. The molecule has 1 aliphatic heterocycles. The van der Waals surface area contributed by atoms with Gasteiger partial charge in [-0.05, 0) is 55.9 Å². The highest BCUT2D eigenvalue weighted by atomic mass is 16.5. The van der Waals surface area contributed by atoms with Gasteiger partial charge in [-0.3, -0.25) is 0 Å². The van der Waals surface area contributed by atoms with E-state index in [-0.39, 0.29) is 6.10 Å². The Kier molecular flexibility index (Phi) is 3.69. The molecule has 1 N–H and O–H groups in total. The van der Waals surface area contributed by atoms with Gasteiger partial charge in [0, 0.05) is 12.2 Å². The molecule has 1 aliphatic carbocycles. The lowest BCUT2D eigenvalue weighted by Crippen LogP contribution is -2.25. The van der Waals surface area contributed by atoms with Gasteiger partial charge in [0.1, 0.15) is 12.4 Å². The van der Waals surface area contributed by atoms with Crippen LogP contribution in [0.2, 0.25) is 0 Å². The number of nitrogens with zero attached hydrogens (tertiary/aromatic N) is 1. The molecule has 0 saturated carbocycles. The average Bonchev–Trinajstić information content (AvgIpc) is 2.88. The Morgan fingerprint density at radius 1 is 1.32 bits per heavy atom.